The average molecular weight is 400 g/mol. The molecule has 3 aromatic rings. The SMILES string of the molecule is O=C(N/N=C\c1ccc(Cl)c(Cl)c1)c1cccn(Cc2ccccc2)c1=O. The fraction of sp³-hybridized carbons (Fsp3) is 0.0500. The van der Waals surface area contributed by atoms with Crippen LogP contribution >= 0.6 is 23.2 Å². The van der Waals surface area contributed by atoms with Crippen molar-refractivity contribution < 1.29 is 4.79 Å². The summed E-state index contributed by atoms with van der Waals surface area (Å²) >= 11 is 11.8. The number of rotatable bonds is 5. The second-order valence-corrected chi connectivity index (χ2v) is 6.53. The maximum absolute atomic E-state index is 12.5. The van der Waals surface area contributed by atoms with E-state index in [1.807, 2.05) is 30.3 Å². The van der Waals surface area contributed by atoms with Crippen LogP contribution in [-0.4, -0.2) is 16.7 Å². The summed E-state index contributed by atoms with van der Waals surface area (Å²) in [5, 5.41) is 4.69. The second-order valence-electron chi connectivity index (χ2n) is 5.71. The van der Waals surface area contributed by atoms with Gasteiger partial charge >= 0.3 is 0 Å². The lowest BCUT2D eigenvalue weighted by Crippen LogP contribution is -2.30. The van der Waals surface area contributed by atoms with Crippen molar-refractivity contribution >= 4 is 35.3 Å². The third kappa shape index (κ3) is 4.84. The van der Waals surface area contributed by atoms with E-state index in [-0.39, 0.29) is 11.1 Å². The minimum atomic E-state index is -0.585. The molecule has 1 aromatic heterocycles. The van der Waals surface area contributed by atoms with Crippen LogP contribution in [0.5, 0.6) is 0 Å². The Bertz CT molecular complexity index is 1050. The maximum Gasteiger partial charge on any atom is 0.276 e. The molecule has 0 saturated heterocycles. The zero-order chi connectivity index (χ0) is 19.2. The lowest BCUT2D eigenvalue weighted by Gasteiger charge is -2.07. The monoisotopic (exact) mass is 399 g/mol. The van der Waals surface area contributed by atoms with Crippen molar-refractivity contribution in [2.45, 2.75) is 6.54 Å². The fourth-order valence-corrected chi connectivity index (χ4v) is 2.74. The van der Waals surface area contributed by atoms with Gasteiger partial charge in [0, 0.05) is 6.20 Å². The van der Waals surface area contributed by atoms with Crippen LogP contribution in [0.4, 0.5) is 0 Å². The van der Waals surface area contributed by atoms with Gasteiger partial charge < -0.3 is 4.57 Å². The fourth-order valence-electron chi connectivity index (χ4n) is 2.43. The summed E-state index contributed by atoms with van der Waals surface area (Å²) in [5.74, 6) is -0.585. The highest BCUT2D eigenvalue weighted by Gasteiger charge is 2.11. The lowest BCUT2D eigenvalue weighted by molar-refractivity contribution is 0.0953. The Morgan fingerprint density at radius 1 is 1.04 bits per heavy atom. The average Bonchev–Trinajstić information content (AvgIpc) is 2.67. The van der Waals surface area contributed by atoms with Crippen molar-refractivity contribution in [1.82, 2.24) is 9.99 Å². The summed E-state index contributed by atoms with van der Waals surface area (Å²) in [6.45, 7) is 0.382. The molecule has 1 N–H and O–H groups in total. The number of carbonyl (C=O) groups is 1. The summed E-state index contributed by atoms with van der Waals surface area (Å²) in [4.78, 5) is 24.8. The molecule has 5 nitrogen and oxygen atoms in total. The van der Waals surface area contributed by atoms with Gasteiger partial charge in [-0.2, -0.15) is 5.10 Å². The van der Waals surface area contributed by atoms with Gasteiger partial charge in [0.15, 0.2) is 0 Å². The predicted molar refractivity (Wildman–Crippen MR) is 108 cm³/mol. The van der Waals surface area contributed by atoms with Crippen molar-refractivity contribution in [3.8, 4) is 0 Å². The van der Waals surface area contributed by atoms with Gasteiger partial charge in [0.05, 0.1) is 22.8 Å². The number of benzene rings is 2. The molecule has 1 amide bonds. The zero-order valence-electron chi connectivity index (χ0n) is 14.1. The zero-order valence-corrected chi connectivity index (χ0v) is 15.6. The van der Waals surface area contributed by atoms with Gasteiger partial charge in [-0.1, -0.05) is 59.6 Å². The van der Waals surface area contributed by atoms with Gasteiger partial charge in [-0.25, -0.2) is 5.43 Å². The van der Waals surface area contributed by atoms with E-state index in [9.17, 15) is 9.59 Å². The Morgan fingerprint density at radius 3 is 2.56 bits per heavy atom. The highest BCUT2D eigenvalue weighted by Crippen LogP contribution is 2.21. The molecule has 2 aromatic carbocycles. The molecule has 27 heavy (non-hydrogen) atoms. The van der Waals surface area contributed by atoms with Crippen LogP contribution in [0.25, 0.3) is 0 Å². The Hall–Kier alpha value is -2.89. The van der Waals surface area contributed by atoms with E-state index in [1.165, 1.54) is 16.8 Å². The molecule has 0 atom stereocenters. The molecule has 1 heterocycles. The summed E-state index contributed by atoms with van der Waals surface area (Å²) in [6.07, 6.45) is 3.07. The van der Waals surface area contributed by atoms with Crippen molar-refractivity contribution in [1.29, 1.82) is 0 Å². The highest BCUT2D eigenvalue weighted by molar-refractivity contribution is 6.42. The third-order valence-corrected chi connectivity index (χ3v) is 4.52. The van der Waals surface area contributed by atoms with Crippen LogP contribution in [0.15, 0.2) is 76.8 Å². The van der Waals surface area contributed by atoms with E-state index < -0.39 is 5.91 Å². The minimum Gasteiger partial charge on any atom is -0.310 e. The number of aromatic nitrogens is 1. The van der Waals surface area contributed by atoms with Crippen LogP contribution in [0.3, 0.4) is 0 Å². The predicted octanol–water partition coefficient (Wildman–Crippen LogP) is 3.97. The normalized spacial score (nSPS) is 10.9. The number of hydrazone groups is 1. The van der Waals surface area contributed by atoms with E-state index in [4.69, 9.17) is 23.2 Å². The largest absolute Gasteiger partial charge is 0.310 e. The maximum atomic E-state index is 12.5. The first kappa shape index (κ1) is 18.9. The van der Waals surface area contributed by atoms with Crippen LogP contribution in [0.2, 0.25) is 10.0 Å². The van der Waals surface area contributed by atoms with Gasteiger partial charge in [-0.15, -0.1) is 0 Å². The minimum absolute atomic E-state index is 0.0136. The van der Waals surface area contributed by atoms with Gasteiger partial charge in [0.2, 0.25) is 0 Å². The van der Waals surface area contributed by atoms with Crippen LogP contribution < -0.4 is 11.0 Å². The molecule has 0 fully saturated rings. The number of carbonyl (C=O) groups excluding carboxylic acids is 1. The lowest BCUT2D eigenvalue weighted by atomic mass is 10.2. The highest BCUT2D eigenvalue weighted by atomic mass is 35.5. The second kappa shape index (κ2) is 8.66. The van der Waals surface area contributed by atoms with Crippen LogP contribution in [0, 0.1) is 0 Å². The molecule has 0 radical (unpaired) electrons. The van der Waals surface area contributed by atoms with Crippen LogP contribution in [-0.2, 0) is 6.54 Å². The van der Waals surface area contributed by atoms with Gasteiger partial charge in [0.1, 0.15) is 5.56 Å². The van der Waals surface area contributed by atoms with Crippen LogP contribution in [0.1, 0.15) is 21.5 Å². The first-order valence-electron chi connectivity index (χ1n) is 8.06. The number of nitrogens with zero attached hydrogens (tertiary/aromatic N) is 2. The molecule has 7 heteroatoms. The quantitative estimate of drug-likeness (QED) is 0.521. The molecular formula is C20H15Cl2N3O2. The van der Waals surface area contributed by atoms with E-state index in [1.54, 1.807) is 30.5 Å². The molecule has 0 spiro atoms. The summed E-state index contributed by atoms with van der Waals surface area (Å²) < 4.78 is 1.48. The molecular weight excluding hydrogens is 385 g/mol. The summed E-state index contributed by atoms with van der Waals surface area (Å²) in [6, 6.07) is 17.6. The summed E-state index contributed by atoms with van der Waals surface area (Å²) in [7, 11) is 0. The number of hydrogen-bond donors (Lipinski definition) is 1. The van der Waals surface area contributed by atoms with Crippen molar-refractivity contribution in [2.24, 2.45) is 5.10 Å². The summed E-state index contributed by atoms with van der Waals surface area (Å²) in [5.41, 5.74) is 3.62. The number of nitrogens with one attached hydrogen (secondary N) is 1. The topological polar surface area (TPSA) is 63.5 Å². The van der Waals surface area contributed by atoms with Crippen molar-refractivity contribution in [3.63, 3.8) is 0 Å². The first-order chi connectivity index (χ1) is 13.0. The van der Waals surface area contributed by atoms with E-state index >= 15 is 0 Å². The van der Waals surface area contributed by atoms with Gasteiger partial charge in [-0.3, -0.25) is 9.59 Å². The van der Waals surface area contributed by atoms with E-state index in [0.717, 1.165) is 5.56 Å². The first-order valence-corrected chi connectivity index (χ1v) is 8.82. The Labute approximate surface area is 165 Å². The van der Waals surface area contributed by atoms with Gasteiger partial charge in [0.25, 0.3) is 11.5 Å². The molecule has 3 rings (SSSR count). The molecule has 0 saturated carbocycles. The number of pyridine rings is 1. The Kier molecular flexibility index (Phi) is 6.06. The molecule has 0 aliphatic carbocycles. The van der Waals surface area contributed by atoms with E-state index in [0.29, 0.717) is 22.2 Å². The smallest absolute Gasteiger partial charge is 0.276 e. The number of halogens is 2. The molecule has 0 aliphatic rings. The number of hydrogen-bond acceptors (Lipinski definition) is 3. The van der Waals surface area contributed by atoms with E-state index in [2.05, 4.69) is 10.5 Å². The number of amides is 1. The molecule has 0 unspecified atom stereocenters. The Morgan fingerprint density at radius 2 is 1.81 bits per heavy atom. The van der Waals surface area contributed by atoms with Gasteiger partial charge in [-0.05, 0) is 35.4 Å². The Balaban J connectivity index is 1.73. The van der Waals surface area contributed by atoms with Crippen molar-refractivity contribution in [2.75, 3.05) is 0 Å². The standard InChI is InChI=1S/C20H15Cl2N3O2/c21-17-9-8-15(11-18(17)22)12-23-24-19(26)16-7-4-10-25(20(16)27)13-14-5-2-1-3-6-14/h1-12H,13H2,(H,24,26)/b23-12-. The molecule has 136 valence electrons. The third-order valence-electron chi connectivity index (χ3n) is 3.78. The molecule has 0 aliphatic heterocycles. The van der Waals surface area contributed by atoms with Crippen molar-refractivity contribution in [3.05, 3.63) is 104 Å². The molecule has 0 bridgehead atoms.